The molecule has 0 saturated heterocycles. The predicted octanol–water partition coefficient (Wildman–Crippen LogP) is 4.28. The molecule has 0 fully saturated rings. The monoisotopic (exact) mass is 554 g/mol. The number of hydrogen-bond donors (Lipinski definition) is 2. The number of aromatic nitrogens is 4. The summed E-state index contributed by atoms with van der Waals surface area (Å²) in [5.74, 6) is 0.277. The lowest BCUT2D eigenvalue weighted by molar-refractivity contribution is -0.128. The molecule has 0 radical (unpaired) electrons. The lowest BCUT2D eigenvalue weighted by Gasteiger charge is -2.18. The average molecular weight is 554 g/mol. The van der Waals surface area contributed by atoms with Crippen molar-refractivity contribution in [3.05, 3.63) is 33.2 Å². The third-order valence-electron chi connectivity index (χ3n) is 5.23. The van der Waals surface area contributed by atoms with Crippen LogP contribution in [0.5, 0.6) is 0 Å². The number of rotatable bonds is 5. The van der Waals surface area contributed by atoms with Gasteiger partial charge in [-0.2, -0.15) is 0 Å². The fourth-order valence-corrected chi connectivity index (χ4v) is 5.32. The van der Waals surface area contributed by atoms with E-state index in [9.17, 15) is 9.18 Å². The zero-order chi connectivity index (χ0) is 22.3. The maximum atomic E-state index is 14.3. The van der Waals surface area contributed by atoms with Crippen LogP contribution < -0.4 is 11.1 Å². The van der Waals surface area contributed by atoms with Gasteiger partial charge in [0.25, 0.3) is 0 Å². The minimum absolute atomic E-state index is 0.0255. The Morgan fingerprint density at radius 2 is 2.16 bits per heavy atom. The van der Waals surface area contributed by atoms with Crippen LogP contribution in [0.25, 0.3) is 11.2 Å². The van der Waals surface area contributed by atoms with Gasteiger partial charge in [0.15, 0.2) is 22.1 Å². The highest BCUT2D eigenvalue weighted by Crippen LogP contribution is 2.41. The van der Waals surface area contributed by atoms with Gasteiger partial charge in [-0.05, 0) is 58.7 Å². The number of carbonyl (C=O) groups excluding carboxylic acids is 1. The number of imidazole rings is 1. The van der Waals surface area contributed by atoms with Gasteiger partial charge in [-0.15, -0.1) is 0 Å². The van der Waals surface area contributed by atoms with Crippen molar-refractivity contribution in [2.75, 3.05) is 12.3 Å². The summed E-state index contributed by atoms with van der Waals surface area (Å²) in [6, 6.07) is 3.99. The maximum Gasteiger partial charge on any atom is 0.225 e. The van der Waals surface area contributed by atoms with Crippen LogP contribution in [0.4, 0.5) is 10.2 Å². The maximum absolute atomic E-state index is 14.3. The summed E-state index contributed by atoms with van der Waals surface area (Å²) in [7, 11) is 0. The van der Waals surface area contributed by atoms with Gasteiger partial charge in [0.1, 0.15) is 12.5 Å². The number of carbonyl (C=O) groups is 1. The van der Waals surface area contributed by atoms with E-state index in [0.29, 0.717) is 41.6 Å². The molecule has 1 aromatic carbocycles. The summed E-state index contributed by atoms with van der Waals surface area (Å²) in [6.07, 6.45) is 1.80. The Hall–Kier alpha value is -1.95. The number of anilines is 1. The van der Waals surface area contributed by atoms with Crippen molar-refractivity contribution in [3.63, 3.8) is 0 Å². The predicted molar refractivity (Wildman–Crippen MR) is 128 cm³/mol. The number of halogens is 2. The Kier molecular flexibility index (Phi) is 6.12. The SMILES string of the molecule is CC(C)(C)C(=O)NCCn1c(Sc2cc3c(cc2I)CCC3F)nc2c(N)ncnc21. The van der Waals surface area contributed by atoms with Crippen molar-refractivity contribution >= 4 is 57.2 Å². The van der Waals surface area contributed by atoms with Gasteiger partial charge in [0.05, 0.1) is 0 Å². The Bertz CT molecular complexity index is 1160. The Balaban J connectivity index is 1.66. The van der Waals surface area contributed by atoms with Gasteiger partial charge in [0, 0.05) is 27.0 Å². The van der Waals surface area contributed by atoms with Gasteiger partial charge >= 0.3 is 0 Å². The smallest absolute Gasteiger partial charge is 0.225 e. The van der Waals surface area contributed by atoms with Crippen molar-refractivity contribution in [2.45, 2.75) is 56.4 Å². The summed E-state index contributed by atoms with van der Waals surface area (Å²) in [4.78, 5) is 26.3. The topological polar surface area (TPSA) is 98.7 Å². The van der Waals surface area contributed by atoms with Crippen LogP contribution >= 0.6 is 34.4 Å². The average Bonchev–Trinajstić information content (AvgIpc) is 3.23. The molecule has 0 aliphatic heterocycles. The molecular weight excluding hydrogens is 530 g/mol. The zero-order valence-electron chi connectivity index (χ0n) is 17.6. The third kappa shape index (κ3) is 4.50. The number of alkyl halides is 1. The Morgan fingerprint density at radius 1 is 1.39 bits per heavy atom. The van der Waals surface area contributed by atoms with E-state index in [4.69, 9.17) is 5.73 Å². The molecule has 3 N–H and O–H groups in total. The fourth-order valence-electron chi connectivity index (χ4n) is 3.49. The molecule has 164 valence electrons. The number of nitrogens with one attached hydrogen (secondary N) is 1. The van der Waals surface area contributed by atoms with Crippen LogP contribution in [-0.4, -0.2) is 32.0 Å². The summed E-state index contributed by atoms with van der Waals surface area (Å²) in [5, 5.41) is 3.64. The second-order valence-corrected chi connectivity index (χ2v) is 10.7. The zero-order valence-corrected chi connectivity index (χ0v) is 20.6. The number of amides is 1. The second-order valence-electron chi connectivity index (χ2n) is 8.57. The van der Waals surface area contributed by atoms with Crippen molar-refractivity contribution in [1.82, 2.24) is 24.8 Å². The molecular formula is C21H24FIN6OS. The third-order valence-corrected chi connectivity index (χ3v) is 7.54. The van der Waals surface area contributed by atoms with Gasteiger partial charge in [-0.3, -0.25) is 4.79 Å². The first-order valence-corrected chi connectivity index (χ1v) is 11.9. The van der Waals surface area contributed by atoms with E-state index in [0.717, 1.165) is 26.0 Å². The summed E-state index contributed by atoms with van der Waals surface area (Å²) < 4.78 is 17.3. The molecule has 0 spiro atoms. The first-order chi connectivity index (χ1) is 14.6. The first kappa shape index (κ1) is 22.3. The molecule has 2 aromatic heterocycles. The molecule has 1 atom stereocenters. The van der Waals surface area contributed by atoms with Crippen LogP contribution in [-0.2, 0) is 17.8 Å². The van der Waals surface area contributed by atoms with Crippen LogP contribution in [0, 0.1) is 8.99 Å². The van der Waals surface area contributed by atoms with E-state index in [1.807, 2.05) is 31.4 Å². The van der Waals surface area contributed by atoms with Crippen LogP contribution in [0.2, 0.25) is 0 Å². The lowest BCUT2D eigenvalue weighted by Crippen LogP contribution is -2.36. The van der Waals surface area contributed by atoms with E-state index in [2.05, 4.69) is 48.9 Å². The highest BCUT2D eigenvalue weighted by molar-refractivity contribution is 14.1. The van der Waals surface area contributed by atoms with E-state index in [1.165, 1.54) is 18.1 Å². The largest absolute Gasteiger partial charge is 0.382 e. The van der Waals surface area contributed by atoms with E-state index in [-0.39, 0.29) is 5.91 Å². The number of fused-ring (bicyclic) bond motifs is 2. The molecule has 1 amide bonds. The van der Waals surface area contributed by atoms with Gasteiger partial charge in [-0.1, -0.05) is 32.5 Å². The highest BCUT2D eigenvalue weighted by Gasteiger charge is 2.25. The molecule has 0 saturated carbocycles. The van der Waals surface area contributed by atoms with Crippen LogP contribution in [0.3, 0.4) is 0 Å². The first-order valence-electron chi connectivity index (χ1n) is 10.0. The van der Waals surface area contributed by atoms with Gasteiger partial charge < -0.3 is 15.6 Å². The van der Waals surface area contributed by atoms with E-state index >= 15 is 0 Å². The number of nitrogen functional groups attached to an aromatic ring is 1. The molecule has 1 aliphatic rings. The number of benzene rings is 1. The van der Waals surface area contributed by atoms with E-state index < -0.39 is 11.6 Å². The summed E-state index contributed by atoms with van der Waals surface area (Å²) >= 11 is 3.73. The Labute approximate surface area is 197 Å². The number of hydrogen-bond acceptors (Lipinski definition) is 6. The molecule has 0 bridgehead atoms. The molecule has 4 rings (SSSR count). The second kappa shape index (κ2) is 8.53. The molecule has 31 heavy (non-hydrogen) atoms. The van der Waals surface area contributed by atoms with E-state index in [1.54, 1.807) is 0 Å². The molecule has 1 aliphatic carbocycles. The lowest BCUT2D eigenvalue weighted by atomic mass is 9.96. The minimum Gasteiger partial charge on any atom is -0.382 e. The molecule has 1 unspecified atom stereocenters. The summed E-state index contributed by atoms with van der Waals surface area (Å²) in [6.45, 7) is 6.52. The van der Waals surface area contributed by atoms with Crippen molar-refractivity contribution in [3.8, 4) is 0 Å². The van der Waals surface area contributed by atoms with Crippen LogP contribution in [0.15, 0.2) is 28.5 Å². The Morgan fingerprint density at radius 3 is 2.90 bits per heavy atom. The van der Waals surface area contributed by atoms with Crippen molar-refractivity contribution in [1.29, 1.82) is 0 Å². The minimum atomic E-state index is -0.917. The number of nitrogens with two attached hydrogens (primary N) is 1. The van der Waals surface area contributed by atoms with Gasteiger partial charge in [-0.25, -0.2) is 19.3 Å². The number of aryl methyl sites for hydroxylation is 1. The standard InChI is InChI=1S/C21H24FIN6OS/c1-21(2,3)19(30)25-6-7-29-18-16(17(24)26-10-27-18)28-20(29)31-15-9-12-11(8-14(15)23)4-5-13(12)22/h8-10,13H,4-7H2,1-3H3,(H,25,30)(H2,24,26,27). The fraction of sp³-hybridized carbons (Fsp3) is 0.429. The van der Waals surface area contributed by atoms with Gasteiger partial charge in [0.2, 0.25) is 5.91 Å². The molecule has 2 heterocycles. The normalized spacial score (nSPS) is 16.0. The van der Waals surface area contributed by atoms with Crippen LogP contribution in [0.1, 0.15) is 44.5 Å². The molecule has 3 aromatic rings. The van der Waals surface area contributed by atoms with Crippen molar-refractivity contribution in [2.24, 2.45) is 5.41 Å². The molecule has 7 nitrogen and oxygen atoms in total. The quantitative estimate of drug-likeness (QED) is 0.457. The number of nitrogens with zero attached hydrogens (tertiary/aromatic N) is 4. The molecule has 10 heteroatoms. The summed E-state index contributed by atoms with van der Waals surface area (Å²) in [5.41, 5.74) is 8.54. The van der Waals surface area contributed by atoms with Crippen molar-refractivity contribution < 1.29 is 9.18 Å². The highest BCUT2D eigenvalue weighted by atomic mass is 127.